The number of fused-ring (bicyclic) bond motifs is 1. The Kier molecular flexibility index (Phi) is 6.15. The standard InChI is InChI=1S/C26H33N3/c1-4-21-17-25-23(16-19(21)2)26(29-14-5-6-15-29)18-24(28-25)22-11-9-20(10-12-22)8-7-13-27-3/h9-12,16-18,27H,4-8,13-15H2,1-3H3. The summed E-state index contributed by atoms with van der Waals surface area (Å²) in [6.07, 6.45) is 5.90. The van der Waals surface area contributed by atoms with Gasteiger partial charge < -0.3 is 10.2 Å². The third kappa shape index (κ3) is 4.30. The van der Waals surface area contributed by atoms with Crippen LogP contribution in [0.5, 0.6) is 0 Å². The maximum Gasteiger partial charge on any atom is 0.0733 e. The van der Waals surface area contributed by atoms with E-state index in [1.54, 1.807) is 0 Å². The molecule has 29 heavy (non-hydrogen) atoms. The summed E-state index contributed by atoms with van der Waals surface area (Å²) in [5, 5.41) is 4.52. The van der Waals surface area contributed by atoms with E-state index in [-0.39, 0.29) is 0 Å². The normalized spacial score (nSPS) is 14.1. The highest BCUT2D eigenvalue weighted by atomic mass is 15.1. The highest BCUT2D eigenvalue weighted by molar-refractivity contribution is 5.95. The van der Waals surface area contributed by atoms with Gasteiger partial charge in [0.15, 0.2) is 0 Å². The van der Waals surface area contributed by atoms with Crippen LogP contribution in [0, 0.1) is 6.92 Å². The van der Waals surface area contributed by atoms with Gasteiger partial charge in [-0.25, -0.2) is 4.98 Å². The third-order valence-corrected chi connectivity index (χ3v) is 6.21. The van der Waals surface area contributed by atoms with Crippen molar-refractivity contribution in [2.24, 2.45) is 0 Å². The molecule has 1 aliphatic rings. The second kappa shape index (κ2) is 8.96. The molecule has 1 fully saturated rings. The van der Waals surface area contributed by atoms with E-state index >= 15 is 0 Å². The van der Waals surface area contributed by atoms with Crippen molar-refractivity contribution in [2.45, 2.75) is 46.0 Å². The topological polar surface area (TPSA) is 28.2 Å². The van der Waals surface area contributed by atoms with Crippen LogP contribution in [0.25, 0.3) is 22.2 Å². The van der Waals surface area contributed by atoms with Gasteiger partial charge in [-0.15, -0.1) is 0 Å². The number of rotatable bonds is 7. The first kappa shape index (κ1) is 19.9. The predicted octanol–water partition coefficient (Wildman–Crippen LogP) is 5.52. The quantitative estimate of drug-likeness (QED) is 0.541. The first-order valence-electron chi connectivity index (χ1n) is 11.1. The maximum absolute atomic E-state index is 5.10. The molecule has 152 valence electrons. The Morgan fingerprint density at radius 3 is 2.48 bits per heavy atom. The molecule has 0 radical (unpaired) electrons. The molecule has 0 saturated carbocycles. The maximum atomic E-state index is 5.10. The summed E-state index contributed by atoms with van der Waals surface area (Å²) >= 11 is 0. The van der Waals surface area contributed by atoms with Crippen LogP contribution in [-0.4, -0.2) is 31.7 Å². The third-order valence-electron chi connectivity index (χ3n) is 6.21. The molecule has 1 N–H and O–H groups in total. The molecule has 2 aromatic carbocycles. The minimum absolute atomic E-state index is 1.05. The highest BCUT2D eigenvalue weighted by Gasteiger charge is 2.18. The van der Waals surface area contributed by atoms with Crippen molar-refractivity contribution in [1.82, 2.24) is 10.3 Å². The lowest BCUT2D eigenvalue weighted by Gasteiger charge is -2.22. The molecule has 3 aromatic rings. The molecule has 3 nitrogen and oxygen atoms in total. The van der Waals surface area contributed by atoms with Crippen LogP contribution in [0.2, 0.25) is 0 Å². The van der Waals surface area contributed by atoms with Gasteiger partial charge in [0.25, 0.3) is 0 Å². The molecule has 3 heteroatoms. The summed E-state index contributed by atoms with van der Waals surface area (Å²) in [5.74, 6) is 0. The molecule has 1 aliphatic heterocycles. The number of nitrogens with zero attached hydrogens (tertiary/aromatic N) is 2. The molecule has 1 saturated heterocycles. The first-order valence-corrected chi connectivity index (χ1v) is 11.1. The van der Waals surface area contributed by atoms with Crippen molar-refractivity contribution in [3.8, 4) is 11.3 Å². The largest absolute Gasteiger partial charge is 0.371 e. The van der Waals surface area contributed by atoms with Crippen LogP contribution in [0.15, 0.2) is 42.5 Å². The number of aryl methyl sites for hydroxylation is 3. The average Bonchev–Trinajstić information content (AvgIpc) is 3.28. The number of anilines is 1. The lowest BCUT2D eigenvalue weighted by Crippen LogP contribution is -2.18. The second-order valence-corrected chi connectivity index (χ2v) is 8.27. The summed E-state index contributed by atoms with van der Waals surface area (Å²) in [4.78, 5) is 7.64. The number of hydrogen-bond donors (Lipinski definition) is 1. The minimum Gasteiger partial charge on any atom is -0.371 e. The van der Waals surface area contributed by atoms with Crippen LogP contribution in [0.4, 0.5) is 5.69 Å². The molecular formula is C26H33N3. The van der Waals surface area contributed by atoms with E-state index in [1.807, 2.05) is 7.05 Å². The molecule has 2 heterocycles. The number of pyridine rings is 1. The van der Waals surface area contributed by atoms with E-state index in [9.17, 15) is 0 Å². The Balaban J connectivity index is 1.74. The van der Waals surface area contributed by atoms with Gasteiger partial charge in [-0.3, -0.25) is 0 Å². The van der Waals surface area contributed by atoms with E-state index in [2.05, 4.69) is 66.5 Å². The molecular weight excluding hydrogens is 354 g/mol. The molecule has 0 amide bonds. The Hall–Kier alpha value is -2.39. The van der Waals surface area contributed by atoms with Gasteiger partial charge in [-0.05, 0) is 87.5 Å². The Labute approximate surface area is 175 Å². The average molecular weight is 388 g/mol. The van der Waals surface area contributed by atoms with Gasteiger partial charge >= 0.3 is 0 Å². The molecule has 4 rings (SSSR count). The lowest BCUT2D eigenvalue weighted by molar-refractivity contribution is 0.725. The second-order valence-electron chi connectivity index (χ2n) is 8.27. The molecule has 0 spiro atoms. The number of hydrogen-bond acceptors (Lipinski definition) is 3. The van der Waals surface area contributed by atoms with Crippen LogP contribution in [0.3, 0.4) is 0 Å². The molecule has 0 bridgehead atoms. The Bertz CT molecular complexity index is 969. The van der Waals surface area contributed by atoms with Gasteiger partial charge in [0.05, 0.1) is 11.2 Å². The Morgan fingerprint density at radius 2 is 1.79 bits per heavy atom. The number of nitrogens with one attached hydrogen (secondary N) is 1. The number of aromatic nitrogens is 1. The van der Waals surface area contributed by atoms with Crippen molar-refractivity contribution in [1.29, 1.82) is 0 Å². The van der Waals surface area contributed by atoms with E-state index in [1.165, 1.54) is 52.6 Å². The fraction of sp³-hybridized carbons (Fsp3) is 0.423. The zero-order valence-electron chi connectivity index (χ0n) is 18.1. The smallest absolute Gasteiger partial charge is 0.0733 e. The van der Waals surface area contributed by atoms with E-state index < -0.39 is 0 Å². The molecule has 0 atom stereocenters. The molecule has 1 aromatic heterocycles. The molecule has 0 unspecified atom stereocenters. The van der Waals surface area contributed by atoms with Crippen molar-refractivity contribution >= 4 is 16.6 Å². The van der Waals surface area contributed by atoms with Crippen LogP contribution in [-0.2, 0) is 12.8 Å². The van der Waals surface area contributed by atoms with Gasteiger partial charge in [-0.2, -0.15) is 0 Å². The fourth-order valence-corrected chi connectivity index (χ4v) is 4.47. The van der Waals surface area contributed by atoms with Gasteiger partial charge in [0.2, 0.25) is 0 Å². The van der Waals surface area contributed by atoms with E-state index in [0.717, 1.165) is 43.7 Å². The SMILES string of the molecule is CCc1cc2nc(-c3ccc(CCCNC)cc3)cc(N3CCCC3)c2cc1C. The summed E-state index contributed by atoms with van der Waals surface area (Å²) < 4.78 is 0. The summed E-state index contributed by atoms with van der Waals surface area (Å²) in [6.45, 7) is 7.82. The lowest BCUT2D eigenvalue weighted by atomic mass is 9.99. The molecule has 0 aliphatic carbocycles. The monoisotopic (exact) mass is 387 g/mol. The van der Waals surface area contributed by atoms with Gasteiger partial charge in [-0.1, -0.05) is 31.2 Å². The summed E-state index contributed by atoms with van der Waals surface area (Å²) in [6, 6.07) is 16.0. The van der Waals surface area contributed by atoms with Crippen molar-refractivity contribution < 1.29 is 0 Å². The van der Waals surface area contributed by atoms with Crippen LogP contribution < -0.4 is 10.2 Å². The zero-order chi connectivity index (χ0) is 20.2. The van der Waals surface area contributed by atoms with E-state index in [0.29, 0.717) is 0 Å². The van der Waals surface area contributed by atoms with E-state index in [4.69, 9.17) is 4.98 Å². The van der Waals surface area contributed by atoms with Crippen LogP contribution in [0.1, 0.15) is 42.9 Å². The van der Waals surface area contributed by atoms with Crippen LogP contribution >= 0.6 is 0 Å². The minimum atomic E-state index is 1.05. The predicted molar refractivity (Wildman–Crippen MR) is 125 cm³/mol. The van der Waals surface area contributed by atoms with Gasteiger partial charge in [0, 0.05) is 29.7 Å². The fourth-order valence-electron chi connectivity index (χ4n) is 4.47. The van der Waals surface area contributed by atoms with Crippen molar-refractivity contribution in [3.63, 3.8) is 0 Å². The summed E-state index contributed by atoms with van der Waals surface area (Å²) in [7, 11) is 2.01. The van der Waals surface area contributed by atoms with Crippen molar-refractivity contribution in [2.75, 3.05) is 31.6 Å². The highest BCUT2D eigenvalue weighted by Crippen LogP contribution is 2.34. The number of benzene rings is 2. The zero-order valence-corrected chi connectivity index (χ0v) is 18.1. The van der Waals surface area contributed by atoms with Crippen molar-refractivity contribution in [3.05, 3.63) is 59.2 Å². The Morgan fingerprint density at radius 1 is 1.03 bits per heavy atom. The van der Waals surface area contributed by atoms with Gasteiger partial charge in [0.1, 0.15) is 0 Å². The summed E-state index contributed by atoms with van der Waals surface area (Å²) in [5.41, 5.74) is 8.95. The first-order chi connectivity index (χ1) is 14.2.